The van der Waals surface area contributed by atoms with Crippen LogP contribution in [0.15, 0.2) is 73.1 Å². The van der Waals surface area contributed by atoms with Crippen LogP contribution < -0.4 is 16.4 Å². The highest BCUT2D eigenvalue weighted by Gasteiger charge is 2.24. The number of amides is 1. The van der Waals surface area contributed by atoms with Gasteiger partial charge < -0.3 is 20.9 Å². The second-order valence-electron chi connectivity index (χ2n) is 10.6. The van der Waals surface area contributed by atoms with E-state index in [0.717, 1.165) is 43.6 Å². The third-order valence-corrected chi connectivity index (χ3v) is 8.06. The number of carbonyl (C=O) groups excluding carboxylic acids is 1. The Hall–Kier alpha value is -4.12. The number of benzene rings is 2. The number of nitrogens with one attached hydrogen (secondary N) is 2. The Bertz CT molecular complexity index is 1590. The molecule has 0 radical (unpaired) electrons. The fourth-order valence-electron chi connectivity index (χ4n) is 5.28. The molecule has 1 saturated heterocycles. The van der Waals surface area contributed by atoms with Gasteiger partial charge in [0.15, 0.2) is 0 Å². The van der Waals surface area contributed by atoms with Gasteiger partial charge in [-0.2, -0.15) is 0 Å². The van der Waals surface area contributed by atoms with E-state index in [1.54, 1.807) is 12.1 Å². The number of hydrogen-bond donors (Lipinski definition) is 3. The van der Waals surface area contributed by atoms with E-state index < -0.39 is 4.92 Å². The number of pyridine rings is 1. The molecule has 10 nitrogen and oxygen atoms in total. The number of nitrogen functional groups attached to an aromatic ring is 1. The van der Waals surface area contributed by atoms with E-state index >= 15 is 0 Å². The molecule has 0 atom stereocenters. The zero-order valence-corrected chi connectivity index (χ0v) is 25.0. The molecule has 0 unspecified atom stereocenters. The van der Waals surface area contributed by atoms with Crippen molar-refractivity contribution >= 4 is 46.4 Å². The van der Waals surface area contributed by atoms with Crippen LogP contribution in [0.5, 0.6) is 0 Å². The summed E-state index contributed by atoms with van der Waals surface area (Å²) in [6.07, 6.45) is 6.23. The molecule has 224 valence electrons. The zero-order chi connectivity index (χ0) is 30.3. The van der Waals surface area contributed by atoms with E-state index in [-0.39, 0.29) is 23.5 Å². The molecule has 0 saturated carbocycles. The molecular formula is C31H33Cl2N7O3. The molecule has 1 aliphatic rings. The van der Waals surface area contributed by atoms with E-state index in [1.165, 1.54) is 17.7 Å². The van der Waals surface area contributed by atoms with Crippen molar-refractivity contribution in [2.75, 3.05) is 30.7 Å². The molecule has 1 fully saturated rings. The second kappa shape index (κ2) is 13.9. The van der Waals surface area contributed by atoms with Gasteiger partial charge in [0.05, 0.1) is 10.5 Å². The van der Waals surface area contributed by atoms with Crippen molar-refractivity contribution in [3.8, 4) is 11.1 Å². The number of aryl methyl sites for hydroxylation is 1. The van der Waals surface area contributed by atoms with Crippen molar-refractivity contribution in [2.24, 2.45) is 0 Å². The number of carbonyl (C=O) groups is 1. The number of rotatable bonds is 11. The molecule has 1 amide bonds. The van der Waals surface area contributed by atoms with E-state index in [4.69, 9.17) is 28.9 Å². The summed E-state index contributed by atoms with van der Waals surface area (Å²) in [5.74, 6) is 0.187. The van der Waals surface area contributed by atoms with Crippen LogP contribution in [0.4, 0.5) is 17.3 Å². The minimum atomic E-state index is -0.564. The fraction of sp³-hybridized carbons (Fsp3) is 0.290. The molecule has 4 N–H and O–H groups in total. The van der Waals surface area contributed by atoms with Crippen LogP contribution in [-0.4, -0.2) is 51.0 Å². The lowest BCUT2D eigenvalue weighted by Crippen LogP contribution is -2.44. The number of nitrogens with zero attached hydrogens (tertiary/aromatic N) is 4. The van der Waals surface area contributed by atoms with E-state index in [2.05, 4.69) is 44.8 Å². The maximum Gasteiger partial charge on any atom is 0.311 e. The minimum Gasteiger partial charge on any atom is -0.378 e. The van der Waals surface area contributed by atoms with Crippen LogP contribution in [0.2, 0.25) is 10.0 Å². The highest BCUT2D eigenvalue weighted by atomic mass is 35.5. The van der Waals surface area contributed by atoms with Gasteiger partial charge in [-0.25, -0.2) is 4.98 Å². The minimum absolute atomic E-state index is 0.0854. The Kier molecular flexibility index (Phi) is 9.81. The molecule has 43 heavy (non-hydrogen) atoms. The third-order valence-electron chi connectivity index (χ3n) is 7.52. The van der Waals surface area contributed by atoms with Crippen molar-refractivity contribution in [2.45, 2.75) is 38.4 Å². The predicted molar refractivity (Wildman–Crippen MR) is 171 cm³/mol. The SMILES string of the molecule is Nc1nc(NCCCn2cc(C(=O)NC3CCN(Cc4ccccc4)CC3)c(-c3ccc(Cl)cc3Cl)c2)ccc1[N+](=O)[O-]. The quantitative estimate of drug-likeness (QED) is 0.102. The molecule has 0 bridgehead atoms. The monoisotopic (exact) mass is 621 g/mol. The number of piperidine rings is 1. The largest absolute Gasteiger partial charge is 0.378 e. The molecule has 2 aromatic carbocycles. The van der Waals surface area contributed by atoms with E-state index in [1.807, 2.05) is 29.1 Å². The molecule has 1 aliphatic heterocycles. The lowest BCUT2D eigenvalue weighted by atomic mass is 10.0. The first-order chi connectivity index (χ1) is 20.8. The molecule has 0 spiro atoms. The molecule has 12 heteroatoms. The first-order valence-electron chi connectivity index (χ1n) is 14.1. The number of aromatic nitrogens is 2. The van der Waals surface area contributed by atoms with Gasteiger partial charge in [0.25, 0.3) is 5.91 Å². The number of hydrogen-bond acceptors (Lipinski definition) is 7. The number of nitro groups is 1. The van der Waals surface area contributed by atoms with Crippen LogP contribution in [-0.2, 0) is 13.1 Å². The van der Waals surface area contributed by atoms with Crippen LogP contribution in [0.1, 0.15) is 35.2 Å². The van der Waals surface area contributed by atoms with Gasteiger partial charge in [0.1, 0.15) is 5.82 Å². The Labute approximate surface area is 260 Å². The van der Waals surface area contributed by atoms with Gasteiger partial charge in [-0.3, -0.25) is 19.8 Å². The van der Waals surface area contributed by atoms with Crippen LogP contribution in [0.25, 0.3) is 11.1 Å². The summed E-state index contributed by atoms with van der Waals surface area (Å²) in [5, 5.41) is 18.4. The van der Waals surface area contributed by atoms with Gasteiger partial charge in [-0.1, -0.05) is 59.6 Å². The van der Waals surface area contributed by atoms with E-state index in [0.29, 0.717) is 40.9 Å². The van der Waals surface area contributed by atoms with Gasteiger partial charge >= 0.3 is 5.69 Å². The maximum atomic E-state index is 13.6. The van der Waals surface area contributed by atoms with Crippen molar-refractivity contribution in [1.29, 1.82) is 0 Å². The molecule has 2 aromatic heterocycles. The fourth-order valence-corrected chi connectivity index (χ4v) is 5.79. The van der Waals surface area contributed by atoms with Gasteiger partial charge in [0, 0.05) is 78.4 Å². The van der Waals surface area contributed by atoms with Crippen LogP contribution in [0.3, 0.4) is 0 Å². The average Bonchev–Trinajstić information content (AvgIpc) is 3.41. The summed E-state index contributed by atoms with van der Waals surface area (Å²) >= 11 is 12.7. The standard InChI is InChI=1S/C31H33Cl2N7O3/c32-22-7-8-24(27(33)17-22)25-19-39(14-4-13-35-29-10-9-28(40(42)43)30(34)37-29)20-26(25)31(41)36-23-11-15-38(16-12-23)18-21-5-2-1-3-6-21/h1-3,5-10,17,19-20,23H,4,11-16,18H2,(H,36,41)(H3,34,35,37). The third kappa shape index (κ3) is 7.84. The van der Waals surface area contributed by atoms with Crippen molar-refractivity contribution in [3.05, 3.63) is 104 Å². The highest BCUT2D eigenvalue weighted by Crippen LogP contribution is 2.33. The molecular weight excluding hydrogens is 589 g/mol. The lowest BCUT2D eigenvalue weighted by Gasteiger charge is -2.32. The summed E-state index contributed by atoms with van der Waals surface area (Å²) in [5.41, 5.74) is 8.77. The van der Waals surface area contributed by atoms with Crippen molar-refractivity contribution < 1.29 is 9.72 Å². The molecule has 3 heterocycles. The molecule has 5 rings (SSSR count). The number of likely N-dealkylation sites (tertiary alicyclic amines) is 1. The van der Waals surface area contributed by atoms with E-state index in [9.17, 15) is 14.9 Å². The first kappa shape index (κ1) is 30.3. The lowest BCUT2D eigenvalue weighted by molar-refractivity contribution is -0.384. The Morgan fingerprint density at radius 1 is 1.05 bits per heavy atom. The van der Waals surface area contributed by atoms with Crippen molar-refractivity contribution in [1.82, 2.24) is 19.8 Å². The Morgan fingerprint density at radius 3 is 2.51 bits per heavy atom. The summed E-state index contributed by atoms with van der Waals surface area (Å²) in [6.45, 7) is 3.89. The molecule has 4 aromatic rings. The highest BCUT2D eigenvalue weighted by molar-refractivity contribution is 6.36. The Morgan fingerprint density at radius 2 is 1.81 bits per heavy atom. The van der Waals surface area contributed by atoms with Crippen molar-refractivity contribution in [3.63, 3.8) is 0 Å². The topological polar surface area (TPSA) is 131 Å². The summed E-state index contributed by atoms with van der Waals surface area (Å²) in [6, 6.07) is 18.6. The van der Waals surface area contributed by atoms with Gasteiger partial charge in [0.2, 0.25) is 5.82 Å². The smallest absolute Gasteiger partial charge is 0.311 e. The maximum absolute atomic E-state index is 13.6. The Balaban J connectivity index is 1.23. The average molecular weight is 623 g/mol. The number of halogens is 2. The van der Waals surface area contributed by atoms with Gasteiger partial charge in [-0.05, 0) is 43.0 Å². The van der Waals surface area contributed by atoms with Gasteiger partial charge in [-0.15, -0.1) is 0 Å². The van der Waals surface area contributed by atoms with Crippen LogP contribution in [0, 0.1) is 10.1 Å². The van der Waals surface area contributed by atoms with Crippen LogP contribution >= 0.6 is 23.2 Å². The summed E-state index contributed by atoms with van der Waals surface area (Å²) < 4.78 is 1.97. The number of anilines is 2. The normalized spacial score (nSPS) is 14.0. The predicted octanol–water partition coefficient (Wildman–Crippen LogP) is 6.24. The number of nitrogens with two attached hydrogens (primary N) is 1. The molecule has 0 aliphatic carbocycles. The second-order valence-corrected chi connectivity index (χ2v) is 11.4. The summed E-state index contributed by atoms with van der Waals surface area (Å²) in [4.78, 5) is 30.5. The first-order valence-corrected chi connectivity index (χ1v) is 14.9. The summed E-state index contributed by atoms with van der Waals surface area (Å²) in [7, 11) is 0. The zero-order valence-electron chi connectivity index (χ0n) is 23.5.